The number of amides is 3. The lowest BCUT2D eigenvalue weighted by molar-refractivity contribution is -0.145. The molecule has 1 aromatic heterocycles. The van der Waals surface area contributed by atoms with Crippen molar-refractivity contribution in [2.24, 2.45) is 11.8 Å². The van der Waals surface area contributed by atoms with E-state index in [1.807, 2.05) is 6.20 Å². The van der Waals surface area contributed by atoms with Gasteiger partial charge in [0.1, 0.15) is 17.1 Å². The van der Waals surface area contributed by atoms with Crippen molar-refractivity contribution in [2.45, 2.75) is 49.7 Å². The summed E-state index contributed by atoms with van der Waals surface area (Å²) in [6, 6.07) is 8.38. The number of hydrogen-bond acceptors (Lipinski definition) is 5. The standard InChI is InChI=1S/C27H25FN4O4/c28-14-5-7-20-18(10-14)27(26(36)30-20)23-22(24(34)32(25(23)35)15-3-1-2-4-15)21(31-27)9-13-12-29-19-8-6-16(33)11-17(13)19/h5-8,10-12,15,21-23,29,31,33H,1-4,9H2,(H,30,36)/t21-,22-,23+,27+/m0/s1. The predicted molar refractivity (Wildman–Crippen MR) is 128 cm³/mol. The maximum Gasteiger partial charge on any atom is 0.250 e. The topological polar surface area (TPSA) is 115 Å². The first-order valence-electron chi connectivity index (χ1n) is 12.4. The van der Waals surface area contributed by atoms with Crippen LogP contribution in [0.4, 0.5) is 10.1 Å². The summed E-state index contributed by atoms with van der Waals surface area (Å²) in [6.07, 6.45) is 5.61. The van der Waals surface area contributed by atoms with Gasteiger partial charge in [-0.2, -0.15) is 0 Å². The van der Waals surface area contributed by atoms with Crippen LogP contribution in [0.25, 0.3) is 10.9 Å². The minimum atomic E-state index is -1.53. The van der Waals surface area contributed by atoms with Gasteiger partial charge in [-0.15, -0.1) is 0 Å². The number of nitrogens with zero attached hydrogens (tertiary/aromatic N) is 1. The third-order valence-corrected chi connectivity index (χ3v) is 8.59. The number of aromatic nitrogens is 1. The molecule has 9 heteroatoms. The largest absolute Gasteiger partial charge is 0.508 e. The molecule has 2 saturated heterocycles. The highest BCUT2D eigenvalue weighted by atomic mass is 19.1. The lowest BCUT2D eigenvalue weighted by atomic mass is 9.76. The average molecular weight is 489 g/mol. The lowest BCUT2D eigenvalue weighted by Crippen LogP contribution is -2.54. The SMILES string of the molecule is O=C1[C@H]2[C@H](Cc3c[nH]c4ccc(O)cc34)N[C@@]3(C(=O)Nc4ccc(F)cc43)[C@H]2C(=O)N1C1CCCC1. The monoisotopic (exact) mass is 488 g/mol. The fraction of sp³-hybridized carbons (Fsp3) is 0.370. The van der Waals surface area contributed by atoms with Gasteiger partial charge in [-0.05, 0) is 61.2 Å². The van der Waals surface area contributed by atoms with Crippen molar-refractivity contribution < 1.29 is 23.9 Å². The first-order valence-corrected chi connectivity index (χ1v) is 12.4. The first-order chi connectivity index (χ1) is 17.4. The Morgan fingerprint density at radius 1 is 1.06 bits per heavy atom. The predicted octanol–water partition coefficient (Wildman–Crippen LogP) is 2.92. The van der Waals surface area contributed by atoms with Crippen molar-refractivity contribution in [3.63, 3.8) is 0 Å². The number of rotatable bonds is 3. The number of phenols is 1. The number of H-pyrrole nitrogens is 1. The first kappa shape index (κ1) is 21.6. The highest BCUT2D eigenvalue weighted by Crippen LogP contribution is 2.54. The Balaban J connectivity index is 1.36. The van der Waals surface area contributed by atoms with Crippen molar-refractivity contribution in [3.05, 3.63) is 59.5 Å². The van der Waals surface area contributed by atoms with E-state index in [1.165, 1.54) is 23.1 Å². The second kappa shape index (κ2) is 7.39. The lowest BCUT2D eigenvalue weighted by Gasteiger charge is -2.31. The summed E-state index contributed by atoms with van der Waals surface area (Å²) < 4.78 is 14.4. The Morgan fingerprint density at radius 3 is 2.67 bits per heavy atom. The van der Waals surface area contributed by atoms with Gasteiger partial charge in [0.2, 0.25) is 17.7 Å². The Hall–Kier alpha value is -3.72. The van der Waals surface area contributed by atoms with Crippen LogP contribution in [-0.4, -0.2) is 44.8 Å². The molecule has 2 aromatic carbocycles. The van der Waals surface area contributed by atoms with E-state index in [2.05, 4.69) is 15.6 Å². The second-order valence-corrected chi connectivity index (χ2v) is 10.4. The number of carbonyl (C=O) groups excluding carboxylic acids is 3. The Morgan fingerprint density at radius 2 is 1.86 bits per heavy atom. The summed E-state index contributed by atoms with van der Waals surface area (Å²) in [7, 11) is 0. The number of aromatic amines is 1. The van der Waals surface area contributed by atoms with Crippen LogP contribution in [0.3, 0.4) is 0 Å². The molecule has 3 aliphatic heterocycles. The molecule has 0 unspecified atom stereocenters. The summed E-state index contributed by atoms with van der Waals surface area (Å²) >= 11 is 0. The molecule has 4 atom stereocenters. The zero-order valence-corrected chi connectivity index (χ0v) is 19.4. The van der Waals surface area contributed by atoms with Gasteiger partial charge in [0, 0.05) is 40.4 Å². The van der Waals surface area contributed by atoms with Crippen LogP contribution in [0.1, 0.15) is 36.8 Å². The molecule has 3 fully saturated rings. The summed E-state index contributed by atoms with van der Waals surface area (Å²) in [5.74, 6) is -3.16. The molecule has 7 rings (SSSR count). The van der Waals surface area contributed by atoms with Crippen LogP contribution in [0.2, 0.25) is 0 Å². The van der Waals surface area contributed by atoms with Gasteiger partial charge in [0.05, 0.1) is 11.8 Å². The fourth-order valence-electron chi connectivity index (χ4n) is 7.07. The van der Waals surface area contributed by atoms with Gasteiger partial charge in [0.25, 0.3) is 0 Å². The van der Waals surface area contributed by atoms with Crippen LogP contribution in [0.5, 0.6) is 5.75 Å². The zero-order chi connectivity index (χ0) is 24.8. The number of halogens is 1. The van der Waals surface area contributed by atoms with Crippen molar-refractivity contribution in [1.82, 2.24) is 15.2 Å². The van der Waals surface area contributed by atoms with E-state index in [-0.39, 0.29) is 23.6 Å². The van der Waals surface area contributed by atoms with Crippen molar-refractivity contribution in [1.29, 1.82) is 0 Å². The van der Waals surface area contributed by atoms with Crippen molar-refractivity contribution in [3.8, 4) is 5.75 Å². The molecule has 3 aromatic rings. The number of anilines is 1. The van der Waals surface area contributed by atoms with E-state index < -0.39 is 35.1 Å². The Kier molecular flexibility index (Phi) is 4.43. The fourth-order valence-corrected chi connectivity index (χ4v) is 7.07. The molecule has 1 aliphatic carbocycles. The zero-order valence-electron chi connectivity index (χ0n) is 19.4. The summed E-state index contributed by atoms with van der Waals surface area (Å²) in [4.78, 5) is 46.0. The quantitative estimate of drug-likeness (QED) is 0.424. The van der Waals surface area contributed by atoms with Gasteiger partial charge < -0.3 is 15.4 Å². The molecule has 4 N–H and O–H groups in total. The minimum absolute atomic E-state index is 0.121. The van der Waals surface area contributed by atoms with E-state index in [1.54, 1.807) is 18.2 Å². The maximum absolute atomic E-state index is 14.4. The van der Waals surface area contributed by atoms with Crippen molar-refractivity contribution >= 4 is 34.3 Å². The van der Waals surface area contributed by atoms with Gasteiger partial charge in [-0.25, -0.2) is 4.39 Å². The van der Waals surface area contributed by atoms with E-state index >= 15 is 0 Å². The number of likely N-dealkylation sites (tertiary alicyclic amines) is 1. The molecule has 1 spiro atoms. The molecule has 8 nitrogen and oxygen atoms in total. The van der Waals surface area contributed by atoms with Crippen LogP contribution in [0.15, 0.2) is 42.6 Å². The second-order valence-electron chi connectivity index (χ2n) is 10.4. The van der Waals surface area contributed by atoms with Gasteiger partial charge in [-0.3, -0.25) is 24.6 Å². The van der Waals surface area contributed by atoms with Gasteiger partial charge in [-0.1, -0.05) is 12.8 Å². The third-order valence-electron chi connectivity index (χ3n) is 8.59. The molecule has 4 aliphatic rings. The van der Waals surface area contributed by atoms with Crippen LogP contribution in [0, 0.1) is 17.7 Å². The molecule has 3 amide bonds. The van der Waals surface area contributed by atoms with E-state index in [0.29, 0.717) is 17.7 Å². The minimum Gasteiger partial charge on any atom is -0.508 e. The van der Waals surface area contributed by atoms with E-state index in [4.69, 9.17) is 0 Å². The molecule has 184 valence electrons. The molecule has 4 heterocycles. The summed E-state index contributed by atoms with van der Waals surface area (Å²) in [5.41, 5.74) is 0.980. The number of benzene rings is 2. The van der Waals surface area contributed by atoms with E-state index in [9.17, 15) is 23.9 Å². The van der Waals surface area contributed by atoms with Crippen LogP contribution >= 0.6 is 0 Å². The maximum atomic E-state index is 14.4. The molecule has 0 bridgehead atoms. The number of carbonyl (C=O) groups is 3. The molecular weight excluding hydrogens is 463 g/mol. The molecule has 0 radical (unpaired) electrons. The molecular formula is C27H25FN4O4. The number of fused-ring (bicyclic) bond motifs is 5. The third kappa shape index (κ3) is 2.74. The summed E-state index contributed by atoms with van der Waals surface area (Å²) in [5, 5.41) is 17.0. The van der Waals surface area contributed by atoms with Crippen molar-refractivity contribution in [2.75, 3.05) is 5.32 Å². The van der Waals surface area contributed by atoms with E-state index in [0.717, 1.165) is 42.1 Å². The normalized spacial score (nSPS) is 29.5. The number of imide groups is 1. The highest BCUT2D eigenvalue weighted by molar-refractivity contribution is 6.15. The van der Waals surface area contributed by atoms with Gasteiger partial charge >= 0.3 is 0 Å². The van der Waals surface area contributed by atoms with Crippen LogP contribution < -0.4 is 10.6 Å². The average Bonchev–Trinajstić information content (AvgIpc) is 3.65. The Bertz CT molecular complexity index is 1460. The Labute approximate surface area is 205 Å². The molecule has 1 saturated carbocycles. The van der Waals surface area contributed by atoms with Gasteiger partial charge in [0.15, 0.2) is 0 Å². The number of hydrogen-bond donors (Lipinski definition) is 4. The number of nitrogens with one attached hydrogen (secondary N) is 3. The molecule has 36 heavy (non-hydrogen) atoms. The number of phenolic OH excluding ortho intramolecular Hbond substituents is 1. The van der Waals surface area contributed by atoms with Crippen LogP contribution in [-0.2, 0) is 26.3 Å². The highest BCUT2D eigenvalue weighted by Gasteiger charge is 2.71. The smallest absolute Gasteiger partial charge is 0.250 e. The summed E-state index contributed by atoms with van der Waals surface area (Å²) in [6.45, 7) is 0. The number of aromatic hydroxyl groups is 1.